The molecule has 2 aliphatic rings. The summed E-state index contributed by atoms with van der Waals surface area (Å²) in [4.78, 5) is 0. The van der Waals surface area contributed by atoms with Crippen molar-refractivity contribution in [1.29, 1.82) is 0 Å². The van der Waals surface area contributed by atoms with E-state index < -0.39 is 61.4 Å². The average molecular weight is 867 g/mol. The van der Waals surface area contributed by atoms with E-state index >= 15 is 0 Å². The first-order valence-corrected chi connectivity index (χ1v) is 22.1. The predicted octanol–water partition coefficient (Wildman–Crippen LogP) is 8.98. The number of ether oxygens (including phenoxy) is 9. The van der Waals surface area contributed by atoms with Gasteiger partial charge in [0.15, 0.2) is 12.6 Å². The minimum atomic E-state index is -1.37. The summed E-state index contributed by atoms with van der Waals surface area (Å²) < 4.78 is 60.2. The van der Waals surface area contributed by atoms with Gasteiger partial charge in [0.2, 0.25) is 0 Å². The SMILES string of the molecule is C[C@@H]1O[C@@H](OC[C@H]2O[C@H](O)[C@H](OCc3ccccc3)[C@@H](OCc3ccccc3)[C@@H]2OCc2ccccc2)[C@H](OCc2ccccc2)[C@H](OCc2ccccc2)[C@H]1OCc1ccccc1. The molecule has 334 valence electrons. The predicted molar refractivity (Wildman–Crippen MR) is 241 cm³/mol. The molecule has 0 unspecified atom stereocenters. The monoisotopic (exact) mass is 866 g/mol. The summed E-state index contributed by atoms with van der Waals surface area (Å²) in [5, 5.41) is 11.8. The van der Waals surface area contributed by atoms with E-state index in [1.165, 1.54) is 0 Å². The summed E-state index contributed by atoms with van der Waals surface area (Å²) in [6, 6.07) is 59.7. The second-order valence-electron chi connectivity index (χ2n) is 16.2. The fourth-order valence-electron chi connectivity index (χ4n) is 8.09. The summed E-state index contributed by atoms with van der Waals surface area (Å²) in [6.45, 7) is 3.61. The van der Waals surface area contributed by atoms with E-state index in [9.17, 15) is 5.11 Å². The van der Waals surface area contributed by atoms with Crippen molar-refractivity contribution in [3.8, 4) is 0 Å². The molecule has 2 saturated heterocycles. The highest BCUT2D eigenvalue weighted by molar-refractivity contribution is 5.18. The van der Waals surface area contributed by atoms with Crippen molar-refractivity contribution in [1.82, 2.24) is 0 Å². The summed E-state index contributed by atoms with van der Waals surface area (Å²) in [5.41, 5.74) is 5.90. The third-order valence-electron chi connectivity index (χ3n) is 11.5. The molecule has 6 aromatic rings. The molecule has 64 heavy (non-hydrogen) atoms. The molecule has 0 bridgehead atoms. The van der Waals surface area contributed by atoms with Gasteiger partial charge in [0.1, 0.15) is 42.7 Å². The molecular weight excluding hydrogens is 809 g/mol. The van der Waals surface area contributed by atoms with Crippen molar-refractivity contribution < 1.29 is 47.7 Å². The van der Waals surface area contributed by atoms with E-state index in [0.717, 1.165) is 33.4 Å². The van der Waals surface area contributed by atoms with Crippen molar-refractivity contribution in [3.05, 3.63) is 215 Å². The van der Waals surface area contributed by atoms with E-state index in [1.54, 1.807) is 0 Å². The van der Waals surface area contributed by atoms with Crippen molar-refractivity contribution in [3.63, 3.8) is 0 Å². The van der Waals surface area contributed by atoms with Gasteiger partial charge in [-0.05, 0) is 40.3 Å². The molecule has 10 nitrogen and oxygen atoms in total. The zero-order chi connectivity index (χ0) is 43.8. The van der Waals surface area contributed by atoms with Crippen molar-refractivity contribution in [2.75, 3.05) is 6.61 Å². The number of aliphatic hydroxyl groups is 1. The quantitative estimate of drug-likeness (QED) is 0.0755. The van der Waals surface area contributed by atoms with E-state index in [-0.39, 0.29) is 33.0 Å². The average Bonchev–Trinajstić information content (AvgIpc) is 3.35. The highest BCUT2D eigenvalue weighted by atomic mass is 16.7. The fourth-order valence-corrected chi connectivity index (χ4v) is 8.09. The van der Waals surface area contributed by atoms with Crippen LogP contribution in [-0.4, -0.2) is 73.1 Å². The van der Waals surface area contributed by atoms with Gasteiger partial charge in [0, 0.05) is 0 Å². The molecule has 0 radical (unpaired) electrons. The van der Waals surface area contributed by atoms with Crippen LogP contribution in [0.15, 0.2) is 182 Å². The lowest BCUT2D eigenvalue weighted by atomic mass is 9.97. The second kappa shape index (κ2) is 23.7. The van der Waals surface area contributed by atoms with Crippen LogP contribution >= 0.6 is 0 Å². The number of benzene rings is 6. The minimum absolute atomic E-state index is 0.0450. The Balaban J connectivity index is 1.07. The number of hydrogen-bond donors (Lipinski definition) is 1. The molecule has 6 aromatic carbocycles. The molecule has 0 saturated carbocycles. The first-order chi connectivity index (χ1) is 31.6. The topological polar surface area (TPSA) is 103 Å². The van der Waals surface area contributed by atoms with Crippen LogP contribution in [0.5, 0.6) is 0 Å². The van der Waals surface area contributed by atoms with Crippen LogP contribution in [0.3, 0.4) is 0 Å². The first kappa shape index (κ1) is 45.5. The Morgan fingerprint density at radius 1 is 0.344 bits per heavy atom. The molecule has 2 aliphatic heterocycles. The summed E-state index contributed by atoms with van der Waals surface area (Å²) in [7, 11) is 0. The Kier molecular flexibility index (Phi) is 16.9. The lowest BCUT2D eigenvalue weighted by Gasteiger charge is -2.47. The molecule has 8 rings (SSSR count). The van der Waals surface area contributed by atoms with Gasteiger partial charge in [-0.3, -0.25) is 0 Å². The zero-order valence-corrected chi connectivity index (χ0v) is 36.2. The Bertz CT molecular complexity index is 2030. The van der Waals surface area contributed by atoms with Crippen LogP contribution in [-0.2, 0) is 82.3 Å². The molecule has 0 spiro atoms. The fraction of sp³-hybridized carbons (Fsp3) is 0.333. The Hall–Kier alpha value is -5.08. The third-order valence-corrected chi connectivity index (χ3v) is 11.5. The maximum Gasteiger partial charge on any atom is 0.186 e. The normalized spacial score (nSPS) is 25.8. The summed E-state index contributed by atoms with van der Waals surface area (Å²) >= 11 is 0. The third kappa shape index (κ3) is 12.8. The number of hydrogen-bond acceptors (Lipinski definition) is 10. The molecule has 0 aliphatic carbocycles. The Morgan fingerprint density at radius 2 is 0.641 bits per heavy atom. The Morgan fingerprint density at radius 3 is 1.02 bits per heavy atom. The van der Waals surface area contributed by atoms with Crippen molar-refractivity contribution in [2.45, 2.75) is 108 Å². The highest BCUT2D eigenvalue weighted by Crippen LogP contribution is 2.34. The zero-order valence-electron chi connectivity index (χ0n) is 36.2. The molecule has 2 heterocycles. The van der Waals surface area contributed by atoms with E-state index in [4.69, 9.17) is 42.6 Å². The Labute approximate surface area is 376 Å². The van der Waals surface area contributed by atoms with Gasteiger partial charge in [-0.25, -0.2) is 0 Å². The second-order valence-corrected chi connectivity index (χ2v) is 16.2. The van der Waals surface area contributed by atoms with E-state index in [2.05, 4.69) is 0 Å². The lowest BCUT2D eigenvalue weighted by Crippen LogP contribution is -2.63. The molecular formula is C54H58O10. The molecule has 1 N–H and O–H groups in total. The minimum Gasteiger partial charge on any atom is -0.368 e. The van der Waals surface area contributed by atoms with Gasteiger partial charge in [-0.1, -0.05) is 182 Å². The van der Waals surface area contributed by atoms with Gasteiger partial charge < -0.3 is 47.7 Å². The van der Waals surface area contributed by atoms with Crippen LogP contribution in [0, 0.1) is 0 Å². The van der Waals surface area contributed by atoms with Gasteiger partial charge in [-0.15, -0.1) is 0 Å². The maximum atomic E-state index is 11.8. The molecule has 0 amide bonds. The van der Waals surface area contributed by atoms with Gasteiger partial charge >= 0.3 is 0 Å². The van der Waals surface area contributed by atoms with Crippen LogP contribution in [0.2, 0.25) is 0 Å². The molecule has 2 fully saturated rings. The van der Waals surface area contributed by atoms with Gasteiger partial charge in [0.25, 0.3) is 0 Å². The first-order valence-electron chi connectivity index (χ1n) is 22.1. The van der Waals surface area contributed by atoms with E-state index in [0.29, 0.717) is 13.2 Å². The number of rotatable bonds is 21. The van der Waals surface area contributed by atoms with Crippen LogP contribution in [0.1, 0.15) is 40.3 Å². The van der Waals surface area contributed by atoms with Crippen LogP contribution in [0.4, 0.5) is 0 Å². The highest BCUT2D eigenvalue weighted by Gasteiger charge is 2.51. The maximum absolute atomic E-state index is 11.8. The number of aliphatic hydroxyl groups excluding tert-OH is 1. The summed E-state index contributed by atoms with van der Waals surface area (Å²) in [5.74, 6) is 0. The largest absolute Gasteiger partial charge is 0.368 e. The van der Waals surface area contributed by atoms with Gasteiger partial charge in [0.05, 0.1) is 52.4 Å². The smallest absolute Gasteiger partial charge is 0.186 e. The van der Waals surface area contributed by atoms with Crippen LogP contribution < -0.4 is 0 Å². The van der Waals surface area contributed by atoms with Gasteiger partial charge in [-0.2, -0.15) is 0 Å². The lowest BCUT2D eigenvalue weighted by molar-refractivity contribution is -0.345. The molecule has 10 heteroatoms. The molecule has 10 atom stereocenters. The molecule has 0 aromatic heterocycles. The van der Waals surface area contributed by atoms with Crippen LogP contribution in [0.25, 0.3) is 0 Å². The van der Waals surface area contributed by atoms with Crippen molar-refractivity contribution in [2.24, 2.45) is 0 Å². The van der Waals surface area contributed by atoms with Crippen molar-refractivity contribution >= 4 is 0 Å². The standard InChI is InChI=1S/C54H58O10/c1-39-47(56-32-40-20-8-2-9-21-40)49(58-34-42-24-12-4-13-25-42)52(61-37-45-30-18-7-19-31-45)54(63-39)62-38-46-48(57-33-41-22-10-3-11-23-41)50(59-35-43-26-14-5-15-27-43)51(53(55)64-46)60-36-44-28-16-6-17-29-44/h2-31,39,46-55H,32-38H2,1H3/t39-,46+,47-,48+,49+,50-,51+,52+,53-,54+/m0/s1. The van der Waals surface area contributed by atoms with E-state index in [1.807, 2.05) is 189 Å². The summed E-state index contributed by atoms with van der Waals surface area (Å²) in [6.07, 6.45) is -7.86.